The summed E-state index contributed by atoms with van der Waals surface area (Å²) >= 11 is 0. The highest BCUT2D eigenvalue weighted by atomic mass is 15.0. The molecule has 0 unspecified atom stereocenters. The Bertz CT molecular complexity index is 780. The van der Waals surface area contributed by atoms with Crippen LogP contribution in [0, 0.1) is 5.92 Å². The van der Waals surface area contributed by atoms with Crippen molar-refractivity contribution in [2.24, 2.45) is 5.92 Å². The number of aromatic nitrogens is 2. The average molecular weight is 382 g/mol. The zero-order valence-electron chi connectivity index (χ0n) is 17.1. The molecule has 4 heterocycles. The van der Waals surface area contributed by atoms with Crippen molar-refractivity contribution >= 4 is 11.0 Å². The Labute approximate surface area is 168 Å². The van der Waals surface area contributed by atoms with Crippen LogP contribution < -0.4 is 16.0 Å². The van der Waals surface area contributed by atoms with Gasteiger partial charge in [0.15, 0.2) is 0 Å². The number of imidazole rings is 1. The van der Waals surface area contributed by atoms with Crippen LogP contribution in [0.15, 0.2) is 18.5 Å². The molecule has 0 atom stereocenters. The molecule has 152 valence electrons. The zero-order chi connectivity index (χ0) is 18.8. The van der Waals surface area contributed by atoms with Crippen molar-refractivity contribution in [2.45, 2.75) is 56.9 Å². The van der Waals surface area contributed by atoms with E-state index in [9.17, 15) is 0 Å². The molecule has 0 spiro atoms. The van der Waals surface area contributed by atoms with Crippen LogP contribution in [0.4, 0.5) is 0 Å². The van der Waals surface area contributed by atoms with Crippen molar-refractivity contribution in [2.75, 3.05) is 39.3 Å². The van der Waals surface area contributed by atoms with E-state index in [4.69, 9.17) is 4.98 Å². The van der Waals surface area contributed by atoms with Gasteiger partial charge in [-0.1, -0.05) is 0 Å². The molecule has 5 nitrogen and oxygen atoms in total. The minimum absolute atomic E-state index is 0.699. The van der Waals surface area contributed by atoms with Gasteiger partial charge in [-0.05, 0) is 119 Å². The van der Waals surface area contributed by atoms with Gasteiger partial charge in [0.2, 0.25) is 0 Å². The van der Waals surface area contributed by atoms with Gasteiger partial charge in [-0.25, -0.2) is 4.98 Å². The van der Waals surface area contributed by atoms with E-state index >= 15 is 0 Å². The number of nitrogens with zero attached hydrogens (tertiary/aromatic N) is 2. The minimum atomic E-state index is 0.699. The van der Waals surface area contributed by atoms with Crippen molar-refractivity contribution in [3.8, 4) is 0 Å². The van der Waals surface area contributed by atoms with Crippen molar-refractivity contribution in [1.29, 1.82) is 0 Å². The Kier molecular flexibility index (Phi) is 5.66. The first kappa shape index (κ1) is 18.6. The third-order valence-electron chi connectivity index (χ3n) is 7.30. The normalized spacial score (nSPS) is 23.4. The summed E-state index contributed by atoms with van der Waals surface area (Å²) < 4.78 is 2.45. The van der Waals surface area contributed by atoms with Crippen LogP contribution in [0.2, 0.25) is 0 Å². The highest BCUT2D eigenvalue weighted by Crippen LogP contribution is 2.38. The third kappa shape index (κ3) is 3.85. The van der Waals surface area contributed by atoms with Crippen molar-refractivity contribution in [3.63, 3.8) is 0 Å². The van der Waals surface area contributed by atoms with E-state index in [1.165, 1.54) is 49.6 Å². The number of hydrogen-bond acceptors (Lipinski definition) is 4. The molecule has 0 amide bonds. The number of fused-ring (bicyclic) bond motifs is 1. The number of hydrogen-bond donors (Lipinski definition) is 3. The fourth-order valence-corrected chi connectivity index (χ4v) is 5.60. The summed E-state index contributed by atoms with van der Waals surface area (Å²) in [5.41, 5.74) is 5.81. The topological polar surface area (TPSA) is 53.9 Å². The molecule has 0 saturated carbocycles. The maximum absolute atomic E-state index is 4.85. The maximum atomic E-state index is 4.85. The second-order valence-corrected chi connectivity index (χ2v) is 9.11. The Balaban J connectivity index is 1.50. The minimum Gasteiger partial charge on any atom is -0.330 e. The summed E-state index contributed by atoms with van der Waals surface area (Å²) in [5, 5.41) is 10.6. The van der Waals surface area contributed by atoms with Gasteiger partial charge in [-0.2, -0.15) is 0 Å². The summed E-state index contributed by atoms with van der Waals surface area (Å²) in [6, 6.07) is 5.00. The fraction of sp³-hybridized carbons (Fsp3) is 0.696. The fourth-order valence-electron chi connectivity index (χ4n) is 5.60. The number of piperidine rings is 3. The van der Waals surface area contributed by atoms with E-state index in [1.54, 1.807) is 11.1 Å². The van der Waals surface area contributed by atoms with Crippen LogP contribution >= 0.6 is 0 Å². The van der Waals surface area contributed by atoms with Gasteiger partial charge in [0, 0.05) is 6.54 Å². The molecule has 5 heteroatoms. The van der Waals surface area contributed by atoms with Gasteiger partial charge in [-0.15, -0.1) is 0 Å². The van der Waals surface area contributed by atoms with E-state index in [-0.39, 0.29) is 0 Å². The Hall–Kier alpha value is -1.43. The molecule has 3 aliphatic heterocycles. The molecular weight excluding hydrogens is 346 g/mol. The first-order valence-electron chi connectivity index (χ1n) is 11.5. The van der Waals surface area contributed by atoms with Gasteiger partial charge in [0.05, 0.1) is 17.4 Å². The molecule has 3 N–H and O–H groups in total. The van der Waals surface area contributed by atoms with Crippen LogP contribution in [0.3, 0.4) is 0 Å². The van der Waals surface area contributed by atoms with Crippen LogP contribution in [-0.4, -0.2) is 48.8 Å². The molecule has 1 aromatic carbocycles. The monoisotopic (exact) mass is 381 g/mol. The highest BCUT2D eigenvalue weighted by molar-refractivity contribution is 5.78. The second-order valence-electron chi connectivity index (χ2n) is 9.11. The lowest BCUT2D eigenvalue weighted by atomic mass is 9.80. The Morgan fingerprint density at radius 3 is 1.89 bits per heavy atom. The SMILES string of the molecule is c1c(C2CCNCC2)c(C2CCNCC2)cc2c1ncn2CC1CCNCC1. The van der Waals surface area contributed by atoms with Crippen LogP contribution in [0.1, 0.15) is 61.5 Å². The zero-order valence-corrected chi connectivity index (χ0v) is 17.1. The van der Waals surface area contributed by atoms with Gasteiger partial charge in [0.1, 0.15) is 0 Å². The Morgan fingerprint density at radius 2 is 1.29 bits per heavy atom. The standard InChI is InChI=1S/C23H35N5/c1-7-24-8-2-17(1)15-28-16-27-22-13-20(18-3-9-25-10-4-18)21(14-23(22)28)19-5-11-26-12-6-19/h13-14,16-19,24-26H,1-12,15H2. The molecule has 0 bridgehead atoms. The number of rotatable bonds is 4. The quantitative estimate of drug-likeness (QED) is 0.762. The molecule has 2 aromatic rings. The van der Waals surface area contributed by atoms with Crippen LogP contribution in [-0.2, 0) is 6.54 Å². The average Bonchev–Trinajstić information content (AvgIpc) is 3.16. The number of benzene rings is 1. The first-order valence-corrected chi connectivity index (χ1v) is 11.5. The van der Waals surface area contributed by atoms with Crippen molar-refractivity contribution in [3.05, 3.63) is 29.6 Å². The second kappa shape index (κ2) is 8.52. The van der Waals surface area contributed by atoms with Gasteiger partial charge < -0.3 is 20.5 Å². The van der Waals surface area contributed by atoms with Crippen LogP contribution in [0.25, 0.3) is 11.0 Å². The Morgan fingerprint density at radius 1 is 0.750 bits per heavy atom. The van der Waals surface area contributed by atoms with E-state index in [0.717, 1.165) is 51.7 Å². The predicted octanol–water partition coefficient (Wildman–Crippen LogP) is 2.97. The lowest BCUT2D eigenvalue weighted by Crippen LogP contribution is -2.30. The molecule has 0 radical (unpaired) electrons. The summed E-state index contributed by atoms with van der Waals surface area (Å²) in [6.45, 7) is 8.06. The molecule has 3 fully saturated rings. The molecule has 3 aliphatic rings. The third-order valence-corrected chi connectivity index (χ3v) is 7.30. The van der Waals surface area contributed by atoms with E-state index in [1.807, 2.05) is 0 Å². The summed E-state index contributed by atoms with van der Waals surface area (Å²) in [4.78, 5) is 4.85. The van der Waals surface area contributed by atoms with Gasteiger partial charge >= 0.3 is 0 Å². The molecule has 5 rings (SSSR count). The van der Waals surface area contributed by atoms with E-state index in [0.29, 0.717) is 11.8 Å². The highest BCUT2D eigenvalue weighted by Gasteiger charge is 2.25. The molecule has 0 aliphatic carbocycles. The van der Waals surface area contributed by atoms with Crippen molar-refractivity contribution in [1.82, 2.24) is 25.5 Å². The summed E-state index contributed by atoms with van der Waals surface area (Å²) in [5.74, 6) is 2.19. The molecule has 28 heavy (non-hydrogen) atoms. The summed E-state index contributed by atoms with van der Waals surface area (Å²) in [7, 11) is 0. The molecule has 1 aromatic heterocycles. The predicted molar refractivity (Wildman–Crippen MR) is 115 cm³/mol. The molecule has 3 saturated heterocycles. The van der Waals surface area contributed by atoms with E-state index < -0.39 is 0 Å². The largest absolute Gasteiger partial charge is 0.330 e. The maximum Gasteiger partial charge on any atom is 0.0958 e. The van der Waals surface area contributed by atoms with Crippen molar-refractivity contribution < 1.29 is 0 Å². The lowest BCUT2D eigenvalue weighted by Gasteiger charge is -2.30. The molecular formula is C23H35N5. The van der Waals surface area contributed by atoms with Gasteiger partial charge in [-0.3, -0.25) is 0 Å². The number of nitrogens with one attached hydrogen (secondary N) is 3. The lowest BCUT2D eigenvalue weighted by molar-refractivity contribution is 0.336. The first-order chi connectivity index (χ1) is 13.9. The van der Waals surface area contributed by atoms with Gasteiger partial charge in [0.25, 0.3) is 0 Å². The van der Waals surface area contributed by atoms with E-state index in [2.05, 4.69) is 39.0 Å². The smallest absolute Gasteiger partial charge is 0.0958 e. The summed E-state index contributed by atoms with van der Waals surface area (Å²) in [6.07, 6.45) is 9.74. The van der Waals surface area contributed by atoms with Crippen LogP contribution in [0.5, 0.6) is 0 Å².